The number of rotatable bonds is 5. The van der Waals surface area contributed by atoms with Gasteiger partial charge < -0.3 is 4.90 Å². The minimum absolute atomic E-state index is 0.525. The molecule has 0 unspecified atom stereocenters. The van der Waals surface area contributed by atoms with Gasteiger partial charge in [-0.05, 0) is 68.8 Å². The van der Waals surface area contributed by atoms with Crippen LogP contribution in [0.1, 0.15) is 22.3 Å². The van der Waals surface area contributed by atoms with Crippen LogP contribution >= 0.6 is 0 Å². The number of anilines is 3. The quantitative estimate of drug-likeness (QED) is 0.178. The predicted molar refractivity (Wildman–Crippen MR) is 227 cm³/mol. The van der Waals surface area contributed by atoms with Crippen molar-refractivity contribution in [2.24, 2.45) is 0 Å². The Balaban J connectivity index is 1.15. The van der Waals surface area contributed by atoms with Crippen LogP contribution in [0.15, 0.2) is 206 Å². The highest BCUT2D eigenvalue weighted by atomic mass is 15.2. The molecule has 4 nitrogen and oxygen atoms in total. The van der Waals surface area contributed by atoms with Crippen LogP contribution < -0.4 is 4.90 Å². The smallest absolute Gasteiger partial charge is 0.164 e. The highest BCUT2D eigenvalue weighted by Gasteiger charge is 2.51. The van der Waals surface area contributed by atoms with E-state index in [1.165, 1.54) is 38.9 Å². The van der Waals surface area contributed by atoms with Crippen molar-refractivity contribution in [3.63, 3.8) is 0 Å². The van der Waals surface area contributed by atoms with E-state index in [0.29, 0.717) is 17.5 Å². The van der Waals surface area contributed by atoms with E-state index in [0.717, 1.165) is 39.3 Å². The largest absolute Gasteiger partial charge is 0.310 e. The van der Waals surface area contributed by atoms with E-state index < -0.39 is 5.41 Å². The zero-order valence-corrected chi connectivity index (χ0v) is 30.4. The lowest BCUT2D eigenvalue weighted by Gasteiger charge is -2.45. The van der Waals surface area contributed by atoms with Gasteiger partial charge in [0.2, 0.25) is 0 Å². The van der Waals surface area contributed by atoms with Gasteiger partial charge in [-0.3, -0.25) is 0 Å². The van der Waals surface area contributed by atoms with Crippen LogP contribution in [0.4, 0.5) is 17.1 Å². The Bertz CT molecular complexity index is 2860. The number of nitrogens with zero attached hydrogens (tertiary/aromatic N) is 4. The summed E-state index contributed by atoms with van der Waals surface area (Å²) < 4.78 is 0. The first-order valence-corrected chi connectivity index (χ1v) is 19.0. The summed E-state index contributed by atoms with van der Waals surface area (Å²) in [6, 6.07) is 73.3. The molecule has 0 amide bonds. The highest BCUT2D eigenvalue weighted by Crippen LogP contribution is 2.63. The Morgan fingerprint density at radius 2 is 0.714 bits per heavy atom. The number of para-hydroxylation sites is 2. The van der Waals surface area contributed by atoms with Crippen molar-refractivity contribution in [2.75, 3.05) is 4.90 Å². The molecule has 56 heavy (non-hydrogen) atoms. The molecule has 11 rings (SSSR count). The van der Waals surface area contributed by atoms with Crippen LogP contribution in [-0.4, -0.2) is 15.0 Å². The van der Waals surface area contributed by atoms with E-state index in [4.69, 9.17) is 15.0 Å². The second-order valence-electron chi connectivity index (χ2n) is 14.4. The van der Waals surface area contributed by atoms with E-state index in [1.807, 2.05) is 24.3 Å². The SMILES string of the molecule is c1ccc(-c2ccc(-c3nc(-c4ccccc4)nc(-c4ccc5c(c4)N(c4ccccc4)c4ccccc4C54c5ccccc5-c5ccccc54)n3)cc2)cc1. The number of benzene rings is 8. The van der Waals surface area contributed by atoms with Gasteiger partial charge in [0.1, 0.15) is 0 Å². The van der Waals surface area contributed by atoms with Gasteiger partial charge in [0, 0.05) is 22.4 Å². The summed E-state index contributed by atoms with van der Waals surface area (Å²) in [6.45, 7) is 0. The van der Waals surface area contributed by atoms with Crippen LogP contribution in [0.25, 0.3) is 56.4 Å². The second kappa shape index (κ2) is 12.9. The first-order chi connectivity index (χ1) is 27.8. The van der Waals surface area contributed by atoms with Crippen molar-refractivity contribution in [2.45, 2.75) is 5.41 Å². The van der Waals surface area contributed by atoms with Gasteiger partial charge >= 0.3 is 0 Å². The van der Waals surface area contributed by atoms with Crippen LogP contribution in [0.3, 0.4) is 0 Å². The molecule has 1 aromatic heterocycles. The Labute approximate surface area is 326 Å². The fourth-order valence-electron chi connectivity index (χ4n) is 8.90. The Morgan fingerprint density at radius 1 is 0.304 bits per heavy atom. The van der Waals surface area contributed by atoms with Gasteiger partial charge in [-0.1, -0.05) is 182 Å². The molecule has 0 radical (unpaired) electrons. The maximum absolute atomic E-state index is 5.21. The van der Waals surface area contributed by atoms with Crippen LogP contribution in [0.5, 0.6) is 0 Å². The van der Waals surface area contributed by atoms with E-state index in [9.17, 15) is 0 Å². The lowest BCUT2D eigenvalue weighted by molar-refractivity contribution is 0.752. The van der Waals surface area contributed by atoms with Gasteiger partial charge in [0.25, 0.3) is 0 Å². The Morgan fingerprint density at radius 3 is 1.34 bits per heavy atom. The predicted octanol–water partition coefficient (Wildman–Crippen LogP) is 12.7. The van der Waals surface area contributed by atoms with E-state index in [1.54, 1.807) is 0 Å². The standard InChI is InChI=1S/C52H34N4/c1-4-16-35(17-5-1)36-28-30-38(31-29-36)50-53-49(37-18-6-2-7-19-37)54-51(55-50)39-32-33-46-48(34-39)56(40-20-8-3-9-21-40)47-27-15-14-26-45(47)52(46)43-24-12-10-22-41(43)42-23-11-13-25-44(42)52/h1-34H. The van der Waals surface area contributed by atoms with Crippen LogP contribution in [0.2, 0.25) is 0 Å². The minimum atomic E-state index is -0.525. The van der Waals surface area contributed by atoms with Crippen LogP contribution in [-0.2, 0) is 5.41 Å². The topological polar surface area (TPSA) is 41.9 Å². The van der Waals surface area contributed by atoms with Crippen molar-refractivity contribution < 1.29 is 0 Å². The fraction of sp³-hybridized carbons (Fsp3) is 0.0192. The van der Waals surface area contributed by atoms with E-state index in [-0.39, 0.29) is 0 Å². The van der Waals surface area contributed by atoms with Crippen molar-refractivity contribution in [3.05, 3.63) is 229 Å². The number of fused-ring (bicyclic) bond motifs is 9. The summed E-state index contributed by atoms with van der Waals surface area (Å²) in [5.74, 6) is 1.89. The molecule has 9 aromatic rings. The lowest BCUT2D eigenvalue weighted by Crippen LogP contribution is -2.36. The molecule has 4 heteroatoms. The zero-order chi connectivity index (χ0) is 37.1. The average Bonchev–Trinajstić information content (AvgIpc) is 3.58. The molecule has 2 heterocycles. The maximum Gasteiger partial charge on any atom is 0.164 e. The summed E-state index contributed by atoms with van der Waals surface area (Å²) in [5, 5.41) is 0. The van der Waals surface area contributed by atoms with E-state index >= 15 is 0 Å². The molecule has 0 saturated heterocycles. The fourth-order valence-corrected chi connectivity index (χ4v) is 8.90. The second-order valence-corrected chi connectivity index (χ2v) is 14.4. The monoisotopic (exact) mass is 714 g/mol. The molecule has 262 valence electrons. The van der Waals surface area contributed by atoms with Crippen molar-refractivity contribution in [3.8, 4) is 56.4 Å². The maximum atomic E-state index is 5.21. The molecule has 1 aliphatic carbocycles. The minimum Gasteiger partial charge on any atom is -0.310 e. The molecule has 1 aliphatic heterocycles. The lowest BCUT2D eigenvalue weighted by atomic mass is 9.64. The van der Waals surface area contributed by atoms with Gasteiger partial charge in [-0.25, -0.2) is 15.0 Å². The molecular formula is C52H34N4. The first-order valence-electron chi connectivity index (χ1n) is 19.0. The summed E-state index contributed by atoms with van der Waals surface area (Å²) in [5.41, 5.74) is 15.5. The third kappa shape index (κ3) is 4.89. The first kappa shape index (κ1) is 32.0. The van der Waals surface area contributed by atoms with Crippen molar-refractivity contribution >= 4 is 17.1 Å². The normalized spacial score (nSPS) is 13.1. The third-order valence-electron chi connectivity index (χ3n) is 11.3. The van der Waals surface area contributed by atoms with E-state index in [2.05, 4.69) is 187 Å². The van der Waals surface area contributed by atoms with Gasteiger partial charge in [0.15, 0.2) is 17.5 Å². The molecule has 0 atom stereocenters. The Hall–Kier alpha value is -7.43. The average molecular weight is 715 g/mol. The van der Waals surface area contributed by atoms with Gasteiger partial charge in [-0.15, -0.1) is 0 Å². The number of hydrogen-bond acceptors (Lipinski definition) is 4. The molecule has 8 aromatic carbocycles. The number of aromatic nitrogens is 3. The zero-order valence-electron chi connectivity index (χ0n) is 30.4. The molecule has 1 spiro atoms. The van der Waals surface area contributed by atoms with Gasteiger partial charge in [0.05, 0.1) is 16.8 Å². The molecule has 0 bridgehead atoms. The molecule has 0 N–H and O–H groups in total. The molecular weight excluding hydrogens is 681 g/mol. The molecule has 0 saturated carbocycles. The van der Waals surface area contributed by atoms with Crippen molar-refractivity contribution in [1.29, 1.82) is 0 Å². The van der Waals surface area contributed by atoms with Crippen molar-refractivity contribution in [1.82, 2.24) is 15.0 Å². The van der Waals surface area contributed by atoms with Gasteiger partial charge in [-0.2, -0.15) is 0 Å². The Kier molecular flexibility index (Phi) is 7.36. The highest BCUT2D eigenvalue weighted by molar-refractivity contribution is 5.96. The summed E-state index contributed by atoms with van der Waals surface area (Å²) in [7, 11) is 0. The summed E-state index contributed by atoms with van der Waals surface area (Å²) in [6.07, 6.45) is 0. The van der Waals surface area contributed by atoms with Crippen LogP contribution in [0, 0.1) is 0 Å². The summed E-state index contributed by atoms with van der Waals surface area (Å²) in [4.78, 5) is 17.9. The molecule has 2 aliphatic rings. The number of hydrogen-bond donors (Lipinski definition) is 0. The molecule has 0 fully saturated rings. The summed E-state index contributed by atoms with van der Waals surface area (Å²) >= 11 is 0. The third-order valence-corrected chi connectivity index (χ3v) is 11.3.